The van der Waals surface area contributed by atoms with Gasteiger partial charge in [-0.2, -0.15) is 0 Å². The predicted octanol–water partition coefficient (Wildman–Crippen LogP) is -0.397. The molecule has 0 radical (unpaired) electrons. The lowest BCUT2D eigenvalue weighted by Crippen LogP contribution is -2.19. The van der Waals surface area contributed by atoms with Crippen LogP contribution in [-0.4, -0.2) is 31.1 Å². The Morgan fingerprint density at radius 2 is 1.44 bits per heavy atom. The summed E-state index contributed by atoms with van der Waals surface area (Å²) < 4.78 is 0.472. The smallest absolute Gasteiger partial charge is 0.164 e. The number of carboxylic acid groups (broad SMARTS) is 1. The van der Waals surface area contributed by atoms with Crippen molar-refractivity contribution in [1.29, 1.82) is 0 Å². The Hall–Kier alpha value is -0.280. The molecule has 9 heavy (non-hydrogen) atoms. The van der Waals surface area contributed by atoms with Crippen LogP contribution < -0.4 is 5.11 Å². The lowest BCUT2D eigenvalue weighted by atomic mass is 10.9. The normalized spacial score (nSPS) is 9.44. The lowest BCUT2D eigenvalue weighted by molar-refractivity contribution is -0.747. The number of rotatable bonds is 0. The van der Waals surface area contributed by atoms with E-state index in [1.165, 1.54) is 0 Å². The van der Waals surface area contributed by atoms with Crippen LogP contribution in [0.4, 0.5) is 0 Å². The number of aliphatic carboxylic acids is 1. The van der Waals surface area contributed by atoms with Crippen molar-refractivity contribution in [3.05, 3.63) is 0 Å². The number of carboxylic acids is 1. The maximum Gasteiger partial charge on any atom is 0.164 e. The second kappa shape index (κ2) is 4.58. The van der Waals surface area contributed by atoms with Crippen molar-refractivity contribution in [3.8, 4) is 0 Å². The van der Waals surface area contributed by atoms with E-state index in [-0.39, 0.29) is 0 Å². The van der Waals surface area contributed by atoms with Gasteiger partial charge in [-0.05, 0) is 6.92 Å². The molecule has 0 spiro atoms. The summed E-state index contributed by atoms with van der Waals surface area (Å²) in [5, 5.41) is 8.89. The Morgan fingerprint density at radius 3 is 1.44 bits per heavy atom. The summed E-state index contributed by atoms with van der Waals surface area (Å²) in [6.07, 6.45) is 0. The van der Waals surface area contributed by atoms with Gasteiger partial charge in [-0.15, -0.1) is 0 Å². The van der Waals surface area contributed by atoms with Gasteiger partial charge in [0.2, 0.25) is 0 Å². The second-order valence-electron chi connectivity index (χ2n) is 2.34. The van der Waals surface area contributed by atoms with Gasteiger partial charge in [0.25, 0.3) is 0 Å². The highest BCUT2D eigenvalue weighted by Gasteiger charge is 1.95. The van der Waals surface area contributed by atoms with E-state index in [0.717, 1.165) is 6.92 Å². The molecule has 0 aliphatic rings. The first-order chi connectivity index (χ1) is 3.73. The summed E-state index contributed by atoms with van der Waals surface area (Å²) in [7, 11) is 5.67. The van der Waals surface area contributed by atoms with Crippen molar-refractivity contribution in [2.45, 2.75) is 6.92 Å². The SMILES string of the molecule is CC(=O)[O-].C[N+](C)(C)Cl. The monoisotopic (exact) mass is 153 g/mol. The van der Waals surface area contributed by atoms with Crippen molar-refractivity contribution in [2.24, 2.45) is 0 Å². The van der Waals surface area contributed by atoms with Crippen LogP contribution >= 0.6 is 11.8 Å². The molecule has 0 aromatic heterocycles. The topological polar surface area (TPSA) is 40.1 Å². The number of nitrogens with zero attached hydrogens (tertiary/aromatic N) is 1. The summed E-state index contributed by atoms with van der Waals surface area (Å²) >= 11 is 5.47. The van der Waals surface area contributed by atoms with Gasteiger partial charge in [-0.25, -0.2) is 4.00 Å². The molecular weight excluding hydrogens is 142 g/mol. The van der Waals surface area contributed by atoms with Crippen molar-refractivity contribution in [1.82, 2.24) is 0 Å². The van der Waals surface area contributed by atoms with Crippen LogP contribution in [0.2, 0.25) is 0 Å². The summed E-state index contributed by atoms with van der Waals surface area (Å²) in [5.41, 5.74) is 0. The Kier molecular flexibility index (Phi) is 5.86. The third-order valence-electron chi connectivity index (χ3n) is 0. The van der Waals surface area contributed by atoms with Crippen molar-refractivity contribution < 1.29 is 13.9 Å². The van der Waals surface area contributed by atoms with E-state index >= 15 is 0 Å². The van der Waals surface area contributed by atoms with E-state index in [9.17, 15) is 0 Å². The highest BCUT2D eigenvalue weighted by atomic mass is 35.5. The van der Waals surface area contributed by atoms with Gasteiger partial charge in [0.05, 0.1) is 21.1 Å². The molecule has 0 rings (SSSR count). The van der Waals surface area contributed by atoms with Crippen molar-refractivity contribution in [2.75, 3.05) is 21.1 Å². The number of hydrogen-bond acceptors (Lipinski definition) is 2. The van der Waals surface area contributed by atoms with E-state index in [1.807, 2.05) is 21.1 Å². The fraction of sp³-hybridized carbons (Fsp3) is 0.800. The summed E-state index contributed by atoms with van der Waals surface area (Å²) in [6, 6.07) is 0. The number of halogens is 1. The molecule has 0 amide bonds. The Bertz CT molecular complexity index is 77.4. The van der Waals surface area contributed by atoms with E-state index in [4.69, 9.17) is 21.7 Å². The summed E-state index contributed by atoms with van der Waals surface area (Å²) in [5.74, 6) is -1.08. The molecule has 0 heterocycles. The van der Waals surface area contributed by atoms with E-state index in [0.29, 0.717) is 4.00 Å². The minimum Gasteiger partial charge on any atom is -0.550 e. The number of quaternary nitrogens is 1. The number of carbonyl (C=O) groups excluding carboxylic acids is 1. The molecule has 0 fully saturated rings. The van der Waals surface area contributed by atoms with Crippen LogP contribution in [0.1, 0.15) is 6.92 Å². The third kappa shape index (κ3) is 3220. The predicted molar refractivity (Wildman–Crippen MR) is 34.6 cm³/mol. The van der Waals surface area contributed by atoms with Crippen LogP contribution in [0.15, 0.2) is 0 Å². The average molecular weight is 154 g/mol. The molecule has 0 N–H and O–H groups in total. The van der Waals surface area contributed by atoms with E-state index in [1.54, 1.807) is 0 Å². The molecule has 0 aliphatic heterocycles. The first-order valence-electron chi connectivity index (χ1n) is 2.42. The second-order valence-corrected chi connectivity index (χ2v) is 3.35. The highest BCUT2D eigenvalue weighted by molar-refractivity contribution is 6.06. The molecule has 0 saturated heterocycles. The van der Waals surface area contributed by atoms with Gasteiger partial charge in [0.15, 0.2) is 11.8 Å². The molecule has 0 aliphatic carbocycles. The zero-order valence-electron chi connectivity index (χ0n) is 6.14. The maximum atomic E-state index is 8.89. The van der Waals surface area contributed by atoms with Crippen LogP contribution in [-0.2, 0) is 4.79 Å². The maximum absolute atomic E-state index is 8.89. The van der Waals surface area contributed by atoms with Gasteiger partial charge >= 0.3 is 0 Å². The van der Waals surface area contributed by atoms with Crippen molar-refractivity contribution >= 4 is 17.7 Å². The molecule has 0 aromatic rings. The standard InChI is InChI=1S/C3H9ClN.C2H4O2/c1-5(2,3)4;1-2(3)4/h1-3H3;1H3,(H,3,4)/q+1;/p-1. The van der Waals surface area contributed by atoms with Crippen LogP contribution in [0, 0.1) is 0 Å². The van der Waals surface area contributed by atoms with Crippen molar-refractivity contribution in [3.63, 3.8) is 0 Å². The number of carbonyl (C=O) groups is 1. The Morgan fingerprint density at radius 1 is 1.44 bits per heavy atom. The number of hydrogen-bond donors (Lipinski definition) is 0. The molecule has 3 nitrogen and oxygen atoms in total. The van der Waals surface area contributed by atoms with Gasteiger partial charge in [-0.3, -0.25) is 0 Å². The zero-order valence-corrected chi connectivity index (χ0v) is 6.90. The zero-order chi connectivity index (χ0) is 8.08. The molecular formula is C5H12ClNO2. The minimum absolute atomic E-state index is 0.472. The summed E-state index contributed by atoms with van der Waals surface area (Å²) in [6.45, 7) is 0.972. The first-order valence-corrected chi connectivity index (χ1v) is 2.76. The highest BCUT2D eigenvalue weighted by Crippen LogP contribution is 1.91. The molecule has 0 saturated carbocycles. The van der Waals surface area contributed by atoms with E-state index in [2.05, 4.69) is 0 Å². The van der Waals surface area contributed by atoms with Gasteiger partial charge < -0.3 is 9.90 Å². The quantitative estimate of drug-likeness (QED) is 0.445. The fourth-order valence-electron chi connectivity index (χ4n) is 0. The molecule has 56 valence electrons. The van der Waals surface area contributed by atoms with E-state index < -0.39 is 5.97 Å². The fourth-order valence-corrected chi connectivity index (χ4v) is 0. The van der Waals surface area contributed by atoms with Crippen LogP contribution in [0.3, 0.4) is 0 Å². The average Bonchev–Trinajstić information content (AvgIpc) is 1.19. The van der Waals surface area contributed by atoms with Gasteiger partial charge in [0.1, 0.15) is 0 Å². The molecule has 0 aromatic carbocycles. The minimum atomic E-state index is -1.08. The van der Waals surface area contributed by atoms with Gasteiger partial charge in [-0.1, -0.05) is 0 Å². The lowest BCUT2D eigenvalue weighted by Gasteiger charge is -2.07. The molecule has 0 bridgehead atoms. The van der Waals surface area contributed by atoms with Crippen LogP contribution in [0.25, 0.3) is 0 Å². The van der Waals surface area contributed by atoms with Crippen LogP contribution in [0.5, 0.6) is 0 Å². The first kappa shape index (κ1) is 11.5. The molecule has 0 unspecified atom stereocenters. The molecule has 0 atom stereocenters. The van der Waals surface area contributed by atoms with Gasteiger partial charge in [0, 0.05) is 5.97 Å². The Labute approximate surface area is 60.5 Å². The Balaban J connectivity index is 0. The third-order valence-corrected chi connectivity index (χ3v) is 0. The molecule has 4 heteroatoms. The summed E-state index contributed by atoms with van der Waals surface area (Å²) in [4.78, 5) is 8.89. The largest absolute Gasteiger partial charge is 0.550 e.